The Bertz CT molecular complexity index is 511. The first-order chi connectivity index (χ1) is 8.95. The van der Waals surface area contributed by atoms with Crippen molar-refractivity contribution in [2.45, 2.75) is 12.8 Å². The molecule has 0 amide bonds. The number of nitrogens with zero attached hydrogens (tertiary/aromatic N) is 2. The van der Waals surface area contributed by atoms with Crippen LogP contribution >= 0.6 is 0 Å². The summed E-state index contributed by atoms with van der Waals surface area (Å²) >= 11 is 0. The van der Waals surface area contributed by atoms with E-state index >= 15 is 0 Å². The molecule has 3 heteroatoms. The molecule has 0 spiro atoms. The van der Waals surface area contributed by atoms with Crippen LogP contribution in [0, 0.1) is 0 Å². The third-order valence-corrected chi connectivity index (χ3v) is 3.56. The van der Waals surface area contributed by atoms with Crippen LogP contribution in [-0.2, 0) is 0 Å². The van der Waals surface area contributed by atoms with E-state index in [1.807, 2.05) is 12.4 Å². The summed E-state index contributed by atoms with van der Waals surface area (Å²) in [4.78, 5) is 6.78. The molecule has 3 rings (SSSR count). The van der Waals surface area contributed by atoms with Crippen LogP contribution in [0.3, 0.4) is 0 Å². The van der Waals surface area contributed by atoms with E-state index in [1.54, 1.807) is 0 Å². The van der Waals surface area contributed by atoms with Gasteiger partial charge in [-0.25, -0.2) is 0 Å². The fraction of sp³-hybridized carbons (Fsp3) is 0.400. The normalized spacial score (nSPS) is 17.4. The summed E-state index contributed by atoms with van der Waals surface area (Å²) in [5, 5.41) is 6.01. The van der Waals surface area contributed by atoms with Crippen LogP contribution in [0.2, 0.25) is 0 Å². The molecule has 1 aromatic carbocycles. The lowest BCUT2D eigenvalue weighted by Crippen LogP contribution is -2.34. The van der Waals surface area contributed by atoms with Crippen molar-refractivity contribution in [1.82, 2.24) is 10.3 Å². The maximum absolute atomic E-state index is 4.27. The Morgan fingerprint density at radius 3 is 2.72 bits per heavy atom. The van der Waals surface area contributed by atoms with Gasteiger partial charge in [0.05, 0.1) is 0 Å². The zero-order chi connectivity index (χ0) is 12.2. The van der Waals surface area contributed by atoms with Gasteiger partial charge in [-0.15, -0.1) is 0 Å². The summed E-state index contributed by atoms with van der Waals surface area (Å²) in [7, 11) is 0. The minimum absolute atomic E-state index is 1.12. The molecule has 1 aromatic heterocycles. The van der Waals surface area contributed by atoms with Gasteiger partial charge in [-0.2, -0.15) is 0 Å². The van der Waals surface area contributed by atoms with E-state index < -0.39 is 0 Å². The van der Waals surface area contributed by atoms with Crippen LogP contribution in [0.1, 0.15) is 12.8 Å². The highest BCUT2D eigenvalue weighted by Gasteiger charge is 2.11. The SMILES string of the molecule is c1cc(N2CCCNCCC2)c2cnccc2c1. The molecule has 3 nitrogen and oxygen atoms in total. The smallest absolute Gasteiger partial charge is 0.0461 e. The molecule has 94 valence electrons. The fourth-order valence-electron chi connectivity index (χ4n) is 2.64. The summed E-state index contributed by atoms with van der Waals surface area (Å²) in [6.07, 6.45) is 6.26. The molecule has 2 heterocycles. The third-order valence-electron chi connectivity index (χ3n) is 3.56. The standard InChI is InChI=1S/C15H19N3/c1-4-13-6-9-17-12-14(13)15(5-1)18-10-2-7-16-8-3-11-18/h1,4-6,9,12,16H,2-3,7-8,10-11H2. The Kier molecular flexibility index (Phi) is 3.42. The van der Waals surface area contributed by atoms with Gasteiger partial charge in [0.1, 0.15) is 0 Å². The predicted molar refractivity (Wildman–Crippen MR) is 76.1 cm³/mol. The molecule has 1 saturated heterocycles. The van der Waals surface area contributed by atoms with E-state index in [0.717, 1.165) is 26.2 Å². The molecule has 18 heavy (non-hydrogen) atoms. The number of hydrogen-bond acceptors (Lipinski definition) is 3. The second-order valence-electron chi connectivity index (χ2n) is 4.82. The van der Waals surface area contributed by atoms with Gasteiger partial charge in [0.2, 0.25) is 0 Å². The highest BCUT2D eigenvalue weighted by atomic mass is 15.1. The molecule has 0 saturated carbocycles. The van der Waals surface area contributed by atoms with Gasteiger partial charge >= 0.3 is 0 Å². The van der Waals surface area contributed by atoms with Crippen molar-refractivity contribution < 1.29 is 0 Å². The van der Waals surface area contributed by atoms with Gasteiger partial charge in [-0.3, -0.25) is 4.98 Å². The fourth-order valence-corrected chi connectivity index (χ4v) is 2.64. The van der Waals surface area contributed by atoms with Crippen molar-refractivity contribution in [1.29, 1.82) is 0 Å². The summed E-state index contributed by atoms with van der Waals surface area (Å²) in [5.41, 5.74) is 1.34. The lowest BCUT2D eigenvalue weighted by molar-refractivity contribution is 0.568. The number of hydrogen-bond donors (Lipinski definition) is 1. The Hall–Kier alpha value is -1.61. The monoisotopic (exact) mass is 241 g/mol. The molecular formula is C15H19N3. The van der Waals surface area contributed by atoms with E-state index in [1.165, 1.54) is 29.3 Å². The van der Waals surface area contributed by atoms with E-state index in [-0.39, 0.29) is 0 Å². The van der Waals surface area contributed by atoms with Gasteiger partial charge in [0, 0.05) is 36.6 Å². The molecule has 0 atom stereocenters. The quantitative estimate of drug-likeness (QED) is 0.831. The van der Waals surface area contributed by atoms with Crippen LogP contribution in [0.25, 0.3) is 10.8 Å². The molecule has 0 bridgehead atoms. The van der Waals surface area contributed by atoms with Crippen molar-refractivity contribution in [3.63, 3.8) is 0 Å². The first kappa shape index (κ1) is 11.5. The number of aromatic nitrogens is 1. The Balaban J connectivity index is 1.96. The van der Waals surface area contributed by atoms with Gasteiger partial charge in [0.15, 0.2) is 0 Å². The molecule has 1 aliphatic rings. The van der Waals surface area contributed by atoms with Gasteiger partial charge < -0.3 is 10.2 Å². The van der Waals surface area contributed by atoms with Crippen LogP contribution < -0.4 is 10.2 Å². The molecule has 1 aliphatic heterocycles. The summed E-state index contributed by atoms with van der Waals surface area (Å²) < 4.78 is 0. The predicted octanol–water partition coefficient (Wildman–Crippen LogP) is 2.42. The molecule has 0 aliphatic carbocycles. The summed E-state index contributed by atoms with van der Waals surface area (Å²) in [6, 6.07) is 8.62. The van der Waals surface area contributed by atoms with E-state index in [0.29, 0.717) is 0 Å². The second-order valence-corrected chi connectivity index (χ2v) is 4.82. The van der Waals surface area contributed by atoms with E-state index in [2.05, 4.69) is 39.5 Å². The Morgan fingerprint density at radius 2 is 1.89 bits per heavy atom. The number of benzene rings is 1. The minimum Gasteiger partial charge on any atom is -0.371 e. The number of rotatable bonds is 1. The molecular weight excluding hydrogens is 222 g/mol. The minimum atomic E-state index is 1.12. The second kappa shape index (κ2) is 5.36. The van der Waals surface area contributed by atoms with Crippen LogP contribution in [0.4, 0.5) is 5.69 Å². The molecule has 2 aromatic rings. The van der Waals surface area contributed by atoms with Crippen molar-refractivity contribution in [3.8, 4) is 0 Å². The van der Waals surface area contributed by atoms with E-state index in [4.69, 9.17) is 0 Å². The number of anilines is 1. The van der Waals surface area contributed by atoms with Gasteiger partial charge in [-0.1, -0.05) is 12.1 Å². The molecule has 0 radical (unpaired) electrons. The van der Waals surface area contributed by atoms with E-state index in [9.17, 15) is 0 Å². The lowest BCUT2D eigenvalue weighted by Gasteiger charge is -2.28. The maximum Gasteiger partial charge on any atom is 0.0461 e. The van der Waals surface area contributed by atoms with Gasteiger partial charge in [-0.05, 0) is 43.5 Å². The number of pyridine rings is 1. The summed E-state index contributed by atoms with van der Waals surface area (Å²) in [6.45, 7) is 4.50. The first-order valence-corrected chi connectivity index (χ1v) is 6.73. The summed E-state index contributed by atoms with van der Waals surface area (Å²) in [5.74, 6) is 0. The van der Waals surface area contributed by atoms with Crippen molar-refractivity contribution in [2.24, 2.45) is 0 Å². The zero-order valence-electron chi connectivity index (χ0n) is 10.6. The highest BCUT2D eigenvalue weighted by molar-refractivity contribution is 5.93. The van der Waals surface area contributed by atoms with Crippen molar-refractivity contribution in [3.05, 3.63) is 36.7 Å². The number of fused-ring (bicyclic) bond motifs is 1. The van der Waals surface area contributed by atoms with Crippen LogP contribution in [0.5, 0.6) is 0 Å². The number of nitrogens with one attached hydrogen (secondary N) is 1. The topological polar surface area (TPSA) is 28.2 Å². The highest BCUT2D eigenvalue weighted by Crippen LogP contribution is 2.26. The van der Waals surface area contributed by atoms with Crippen molar-refractivity contribution >= 4 is 16.5 Å². The average molecular weight is 241 g/mol. The molecule has 0 unspecified atom stereocenters. The zero-order valence-corrected chi connectivity index (χ0v) is 10.6. The van der Waals surface area contributed by atoms with Crippen LogP contribution in [0.15, 0.2) is 36.7 Å². The van der Waals surface area contributed by atoms with Crippen molar-refractivity contribution in [2.75, 3.05) is 31.1 Å². The largest absolute Gasteiger partial charge is 0.371 e. The van der Waals surface area contributed by atoms with Crippen LogP contribution in [-0.4, -0.2) is 31.2 Å². The van der Waals surface area contributed by atoms with Gasteiger partial charge in [0.25, 0.3) is 0 Å². The molecule has 1 N–H and O–H groups in total. The average Bonchev–Trinajstić information content (AvgIpc) is 2.38. The molecule has 1 fully saturated rings. The maximum atomic E-state index is 4.27. The first-order valence-electron chi connectivity index (χ1n) is 6.73. The Morgan fingerprint density at radius 1 is 1.06 bits per heavy atom. The Labute approximate surface area is 108 Å². The third kappa shape index (κ3) is 2.31. The lowest BCUT2D eigenvalue weighted by atomic mass is 10.1.